The van der Waals surface area contributed by atoms with E-state index in [1.165, 1.54) is 25.2 Å². The van der Waals surface area contributed by atoms with Gasteiger partial charge in [-0.15, -0.1) is 24.0 Å². The van der Waals surface area contributed by atoms with Gasteiger partial charge in [-0.2, -0.15) is 0 Å². The summed E-state index contributed by atoms with van der Waals surface area (Å²) >= 11 is 6.12. The van der Waals surface area contributed by atoms with E-state index in [0.717, 1.165) is 49.5 Å². The number of benzene rings is 1. The molecule has 0 aliphatic carbocycles. The summed E-state index contributed by atoms with van der Waals surface area (Å²) in [5, 5.41) is 7.89. The lowest BCUT2D eigenvalue weighted by Crippen LogP contribution is -2.46. The van der Waals surface area contributed by atoms with Crippen LogP contribution in [0, 0.1) is 5.92 Å². The largest absolute Gasteiger partial charge is 0.369 e. The molecule has 0 saturated carbocycles. The minimum Gasteiger partial charge on any atom is -0.369 e. The van der Waals surface area contributed by atoms with E-state index in [1.54, 1.807) is 0 Å². The zero-order valence-corrected chi connectivity index (χ0v) is 18.8. The molecule has 2 unspecified atom stereocenters. The molecular weight excluding hydrogens is 461 g/mol. The van der Waals surface area contributed by atoms with E-state index < -0.39 is 0 Å². The van der Waals surface area contributed by atoms with Crippen molar-refractivity contribution in [2.24, 2.45) is 10.9 Å². The third-order valence-electron chi connectivity index (χ3n) is 5.30. The number of likely N-dealkylation sites (tertiary alicyclic amines) is 1. The molecule has 2 fully saturated rings. The topological polar surface area (TPSA) is 42.9 Å². The van der Waals surface area contributed by atoms with Crippen molar-refractivity contribution in [3.05, 3.63) is 29.3 Å². The molecule has 7 heteroatoms. The maximum atomic E-state index is 6.12. The van der Waals surface area contributed by atoms with Crippen molar-refractivity contribution in [3.63, 3.8) is 0 Å². The van der Waals surface area contributed by atoms with Crippen LogP contribution in [-0.4, -0.2) is 63.2 Å². The van der Waals surface area contributed by atoms with Gasteiger partial charge in [0.1, 0.15) is 0 Å². The Bertz CT molecular complexity index is 597. The molecule has 26 heavy (non-hydrogen) atoms. The highest BCUT2D eigenvalue weighted by molar-refractivity contribution is 14.0. The van der Waals surface area contributed by atoms with Gasteiger partial charge in [0.15, 0.2) is 5.96 Å². The van der Waals surface area contributed by atoms with E-state index in [9.17, 15) is 0 Å². The second-order valence-electron chi connectivity index (χ2n) is 7.06. The van der Waals surface area contributed by atoms with Gasteiger partial charge in [-0.25, -0.2) is 0 Å². The fourth-order valence-corrected chi connectivity index (χ4v) is 3.97. The molecule has 2 N–H and O–H groups in total. The second-order valence-corrected chi connectivity index (χ2v) is 7.49. The van der Waals surface area contributed by atoms with E-state index in [2.05, 4.69) is 38.4 Å². The van der Waals surface area contributed by atoms with E-state index >= 15 is 0 Å². The predicted octanol–water partition coefficient (Wildman–Crippen LogP) is 3.04. The van der Waals surface area contributed by atoms with Crippen LogP contribution in [0.1, 0.15) is 19.8 Å². The fraction of sp³-hybridized carbons (Fsp3) is 0.632. The molecular formula is C19H31ClIN5. The summed E-state index contributed by atoms with van der Waals surface area (Å²) < 4.78 is 0. The Hall–Kier alpha value is -0.730. The molecule has 2 aliphatic rings. The summed E-state index contributed by atoms with van der Waals surface area (Å²) in [6, 6.07) is 8.52. The van der Waals surface area contributed by atoms with Crippen LogP contribution in [-0.2, 0) is 0 Å². The Morgan fingerprint density at radius 1 is 1.27 bits per heavy atom. The molecule has 2 aliphatic heterocycles. The Morgan fingerprint density at radius 2 is 2.12 bits per heavy atom. The summed E-state index contributed by atoms with van der Waals surface area (Å²) in [4.78, 5) is 9.30. The van der Waals surface area contributed by atoms with Crippen LogP contribution in [0.3, 0.4) is 0 Å². The minimum absolute atomic E-state index is 0. The molecule has 0 bridgehead atoms. The van der Waals surface area contributed by atoms with Gasteiger partial charge in [-0.3, -0.25) is 4.99 Å². The highest BCUT2D eigenvalue weighted by Gasteiger charge is 2.25. The van der Waals surface area contributed by atoms with Gasteiger partial charge in [-0.1, -0.05) is 24.6 Å². The molecule has 146 valence electrons. The highest BCUT2D eigenvalue weighted by Crippen LogP contribution is 2.23. The number of halogens is 2. The third-order valence-corrected chi connectivity index (χ3v) is 5.54. The summed E-state index contributed by atoms with van der Waals surface area (Å²) in [5.74, 6) is 1.65. The van der Waals surface area contributed by atoms with E-state index in [0.29, 0.717) is 6.04 Å². The first kappa shape index (κ1) is 21.6. The van der Waals surface area contributed by atoms with Gasteiger partial charge >= 0.3 is 0 Å². The van der Waals surface area contributed by atoms with Crippen molar-refractivity contribution in [1.29, 1.82) is 0 Å². The van der Waals surface area contributed by atoms with Crippen LogP contribution in [0.5, 0.6) is 0 Å². The van der Waals surface area contributed by atoms with Crippen LogP contribution in [0.25, 0.3) is 0 Å². The Labute approximate surface area is 179 Å². The van der Waals surface area contributed by atoms with Crippen LogP contribution >= 0.6 is 35.6 Å². The number of hydrogen-bond donors (Lipinski definition) is 2. The summed E-state index contributed by atoms with van der Waals surface area (Å²) in [7, 11) is 1.85. The molecule has 0 amide bonds. The van der Waals surface area contributed by atoms with Gasteiger partial charge in [0.2, 0.25) is 0 Å². The van der Waals surface area contributed by atoms with E-state index in [4.69, 9.17) is 11.6 Å². The van der Waals surface area contributed by atoms with Gasteiger partial charge in [-0.05, 0) is 50.0 Å². The Morgan fingerprint density at radius 3 is 2.81 bits per heavy atom. The number of hydrogen-bond acceptors (Lipinski definition) is 3. The van der Waals surface area contributed by atoms with Crippen molar-refractivity contribution in [3.8, 4) is 0 Å². The number of guanidine groups is 1. The monoisotopic (exact) mass is 491 g/mol. The lowest BCUT2D eigenvalue weighted by atomic mass is 10.1. The van der Waals surface area contributed by atoms with Crippen LogP contribution in [0.2, 0.25) is 5.02 Å². The van der Waals surface area contributed by atoms with Crippen LogP contribution < -0.4 is 15.5 Å². The van der Waals surface area contributed by atoms with Gasteiger partial charge < -0.3 is 20.4 Å². The predicted molar refractivity (Wildman–Crippen MR) is 122 cm³/mol. The molecule has 3 rings (SSSR count). The van der Waals surface area contributed by atoms with Crippen molar-refractivity contribution < 1.29 is 0 Å². The quantitative estimate of drug-likeness (QED) is 0.377. The summed E-state index contributed by atoms with van der Waals surface area (Å²) in [6.07, 6.45) is 2.39. The molecule has 1 aromatic rings. The molecule has 5 nitrogen and oxygen atoms in total. The maximum absolute atomic E-state index is 6.12. The van der Waals surface area contributed by atoms with Gasteiger partial charge in [0, 0.05) is 50.0 Å². The number of rotatable bonds is 5. The lowest BCUT2D eigenvalue weighted by molar-refractivity contribution is 0.341. The van der Waals surface area contributed by atoms with Crippen molar-refractivity contribution in [1.82, 2.24) is 15.5 Å². The maximum Gasteiger partial charge on any atom is 0.191 e. The lowest BCUT2D eigenvalue weighted by Gasteiger charge is -2.21. The number of nitrogens with zero attached hydrogens (tertiary/aromatic N) is 3. The number of nitrogens with one attached hydrogen (secondary N) is 2. The van der Waals surface area contributed by atoms with Crippen molar-refractivity contribution >= 4 is 47.2 Å². The molecule has 2 saturated heterocycles. The third kappa shape index (κ3) is 5.89. The average molecular weight is 492 g/mol. The average Bonchev–Trinajstić information content (AvgIpc) is 3.28. The first-order valence-corrected chi connectivity index (χ1v) is 9.75. The highest BCUT2D eigenvalue weighted by atomic mass is 127. The first-order chi connectivity index (χ1) is 12.2. The first-order valence-electron chi connectivity index (χ1n) is 9.38. The van der Waals surface area contributed by atoms with Gasteiger partial charge in [0.05, 0.1) is 0 Å². The number of aliphatic imine (C=N–C) groups is 1. The Kier molecular flexibility index (Phi) is 8.76. The van der Waals surface area contributed by atoms with Crippen LogP contribution in [0.4, 0.5) is 5.69 Å². The second kappa shape index (κ2) is 10.6. The molecule has 0 spiro atoms. The zero-order valence-electron chi connectivity index (χ0n) is 15.7. The molecule has 2 heterocycles. The van der Waals surface area contributed by atoms with E-state index in [-0.39, 0.29) is 24.0 Å². The summed E-state index contributed by atoms with van der Waals surface area (Å²) in [6.45, 7) is 8.85. The van der Waals surface area contributed by atoms with Gasteiger partial charge in [0.25, 0.3) is 0 Å². The van der Waals surface area contributed by atoms with Crippen LogP contribution in [0.15, 0.2) is 29.3 Å². The Balaban J connectivity index is 0.00000243. The van der Waals surface area contributed by atoms with Crippen molar-refractivity contribution in [2.75, 3.05) is 51.2 Å². The van der Waals surface area contributed by atoms with E-state index in [1.807, 2.05) is 25.2 Å². The number of anilines is 1. The van der Waals surface area contributed by atoms with Crippen molar-refractivity contribution in [2.45, 2.75) is 25.8 Å². The molecule has 0 radical (unpaired) electrons. The molecule has 2 atom stereocenters. The fourth-order valence-electron chi connectivity index (χ4n) is 3.78. The SMILES string of the molecule is CCN1CCC(CNC(=NC)NC2CCN(c3cccc(Cl)c3)C2)C1.I. The summed E-state index contributed by atoms with van der Waals surface area (Å²) in [5.41, 5.74) is 1.20. The zero-order chi connectivity index (χ0) is 17.6. The smallest absolute Gasteiger partial charge is 0.191 e. The normalized spacial score (nSPS) is 23.8. The standard InChI is InChI=1S/C19H30ClN5.HI/c1-3-24-9-7-15(13-24)12-22-19(21-2)23-17-8-10-25(14-17)18-6-4-5-16(20)11-18;/h4-6,11,15,17H,3,7-10,12-14H2,1-2H3,(H2,21,22,23);1H. The molecule has 0 aromatic heterocycles. The molecule has 1 aromatic carbocycles. The minimum atomic E-state index is 0.